The Balaban J connectivity index is 1.88. The molecule has 0 spiro atoms. The Bertz CT molecular complexity index is 1080. The number of amides is 1. The summed E-state index contributed by atoms with van der Waals surface area (Å²) in [6, 6.07) is 18.4. The van der Waals surface area contributed by atoms with Gasteiger partial charge in [-0.25, -0.2) is 4.79 Å². The van der Waals surface area contributed by atoms with Crippen LogP contribution in [0.2, 0.25) is 0 Å². The van der Waals surface area contributed by atoms with E-state index in [-0.39, 0.29) is 24.5 Å². The van der Waals surface area contributed by atoms with Crippen molar-refractivity contribution in [1.82, 2.24) is 15.0 Å². The summed E-state index contributed by atoms with van der Waals surface area (Å²) >= 11 is 0. The quantitative estimate of drug-likeness (QED) is 0.537. The number of carbonyl (C=O) groups excluding carboxylic acids is 1. The highest BCUT2D eigenvalue weighted by atomic mass is 16.7. The largest absolute Gasteiger partial charge is 0.401 e. The number of rotatable bonds is 8. The Hall–Kier alpha value is -3.81. The van der Waals surface area contributed by atoms with Crippen molar-refractivity contribution in [2.75, 3.05) is 11.9 Å². The van der Waals surface area contributed by atoms with Crippen LogP contribution in [0.25, 0.3) is 0 Å². The van der Waals surface area contributed by atoms with Crippen LogP contribution < -0.4 is 26.7 Å². The van der Waals surface area contributed by atoms with Gasteiger partial charge in [-0.05, 0) is 18.1 Å². The van der Waals surface area contributed by atoms with E-state index in [0.717, 1.165) is 11.1 Å². The van der Waals surface area contributed by atoms with Gasteiger partial charge in [0.05, 0.1) is 0 Å². The number of hydrogen-bond donors (Lipinski definition) is 3. The molecule has 0 atom stereocenters. The summed E-state index contributed by atoms with van der Waals surface area (Å²) in [6.45, 7) is 2.47. The summed E-state index contributed by atoms with van der Waals surface area (Å²) in [5.41, 5.74) is -0.135. The maximum Gasteiger partial charge on any atom is 0.363 e. The molecule has 8 nitrogen and oxygen atoms in total. The number of nitrogens with one attached hydrogen (secondary N) is 3. The number of anilines is 1. The normalized spacial score (nSPS) is 10.4. The van der Waals surface area contributed by atoms with E-state index in [0.29, 0.717) is 11.3 Å². The molecule has 150 valence electrons. The van der Waals surface area contributed by atoms with Gasteiger partial charge in [0.15, 0.2) is 0 Å². The van der Waals surface area contributed by atoms with Gasteiger partial charge >= 0.3 is 11.2 Å². The molecule has 8 heteroatoms. The molecular weight excluding hydrogens is 372 g/mol. The first-order valence-corrected chi connectivity index (χ1v) is 9.22. The van der Waals surface area contributed by atoms with E-state index in [1.165, 1.54) is 0 Å². The van der Waals surface area contributed by atoms with Gasteiger partial charge in [-0.3, -0.25) is 14.6 Å². The molecule has 3 N–H and O–H groups in total. The third-order valence-electron chi connectivity index (χ3n) is 4.14. The van der Waals surface area contributed by atoms with Gasteiger partial charge in [0.2, 0.25) is 0 Å². The molecule has 3 aromatic rings. The zero-order valence-electron chi connectivity index (χ0n) is 16.0. The summed E-state index contributed by atoms with van der Waals surface area (Å²) in [5.74, 6) is -0.546. The molecule has 0 fully saturated rings. The lowest BCUT2D eigenvalue weighted by atomic mass is 10.2. The highest BCUT2D eigenvalue weighted by molar-refractivity contribution is 5.98. The van der Waals surface area contributed by atoms with Crippen molar-refractivity contribution in [3.8, 4) is 0 Å². The van der Waals surface area contributed by atoms with Gasteiger partial charge in [0, 0.05) is 13.1 Å². The van der Waals surface area contributed by atoms with Crippen LogP contribution in [-0.4, -0.2) is 22.2 Å². The topological polar surface area (TPSA) is 105 Å². The summed E-state index contributed by atoms with van der Waals surface area (Å²) in [4.78, 5) is 45.8. The van der Waals surface area contributed by atoms with Crippen LogP contribution in [0.1, 0.15) is 28.4 Å². The van der Waals surface area contributed by atoms with E-state index in [4.69, 9.17) is 4.84 Å². The summed E-state index contributed by atoms with van der Waals surface area (Å²) in [5, 5.41) is 5.56. The number of aromatic nitrogens is 2. The van der Waals surface area contributed by atoms with E-state index in [2.05, 4.69) is 15.6 Å². The smallest absolute Gasteiger partial charge is 0.363 e. The van der Waals surface area contributed by atoms with Crippen molar-refractivity contribution in [2.24, 2.45) is 0 Å². The first-order valence-electron chi connectivity index (χ1n) is 9.22. The van der Waals surface area contributed by atoms with Crippen molar-refractivity contribution in [3.05, 3.63) is 98.2 Å². The molecule has 2 aromatic carbocycles. The van der Waals surface area contributed by atoms with Crippen molar-refractivity contribution in [1.29, 1.82) is 0 Å². The molecule has 0 radical (unpaired) electrons. The second kappa shape index (κ2) is 9.41. The van der Waals surface area contributed by atoms with Crippen LogP contribution in [0.3, 0.4) is 0 Å². The van der Waals surface area contributed by atoms with E-state index in [1.54, 1.807) is 19.1 Å². The predicted octanol–water partition coefficient (Wildman–Crippen LogP) is 1.53. The van der Waals surface area contributed by atoms with Crippen LogP contribution in [0.4, 0.5) is 5.82 Å². The first-order chi connectivity index (χ1) is 14.1. The number of carbonyl (C=O) groups is 1. The predicted molar refractivity (Wildman–Crippen MR) is 110 cm³/mol. The minimum absolute atomic E-state index is 0.00938. The molecule has 0 aliphatic rings. The molecule has 0 unspecified atom stereocenters. The maximum absolute atomic E-state index is 12.9. The fourth-order valence-corrected chi connectivity index (χ4v) is 2.74. The number of H-pyrrole nitrogens is 1. The molecule has 0 saturated heterocycles. The third kappa shape index (κ3) is 4.92. The number of benzene rings is 2. The average Bonchev–Trinajstić information content (AvgIpc) is 2.73. The first kappa shape index (κ1) is 19.9. The van der Waals surface area contributed by atoms with Gasteiger partial charge in [-0.15, -0.1) is 0 Å². The van der Waals surface area contributed by atoms with E-state index in [9.17, 15) is 14.4 Å². The van der Waals surface area contributed by atoms with Crippen molar-refractivity contribution >= 4 is 11.7 Å². The van der Waals surface area contributed by atoms with Gasteiger partial charge in [0.25, 0.3) is 5.91 Å². The Kier molecular flexibility index (Phi) is 6.47. The maximum atomic E-state index is 12.9. The van der Waals surface area contributed by atoms with E-state index in [1.807, 2.05) is 48.5 Å². The zero-order valence-corrected chi connectivity index (χ0v) is 16.0. The summed E-state index contributed by atoms with van der Waals surface area (Å²) in [7, 11) is 0. The fourth-order valence-electron chi connectivity index (χ4n) is 2.74. The highest BCUT2D eigenvalue weighted by Gasteiger charge is 2.21. The molecule has 3 rings (SSSR count). The highest BCUT2D eigenvalue weighted by Crippen LogP contribution is 2.06. The SMILES string of the molecule is CCNc1[nH]c(=O)n(OCc2ccccc2)c(=O)c1C(=O)NCc1ccccc1. The molecule has 1 aromatic heterocycles. The molecule has 29 heavy (non-hydrogen) atoms. The van der Waals surface area contributed by atoms with Gasteiger partial charge < -0.3 is 15.5 Å². The van der Waals surface area contributed by atoms with Crippen molar-refractivity contribution in [2.45, 2.75) is 20.1 Å². The van der Waals surface area contributed by atoms with E-state index < -0.39 is 17.2 Å². The Morgan fingerprint density at radius 2 is 1.62 bits per heavy atom. The fraction of sp³-hybridized carbons (Fsp3) is 0.190. The minimum Gasteiger partial charge on any atom is -0.401 e. The van der Waals surface area contributed by atoms with Crippen molar-refractivity contribution < 1.29 is 9.63 Å². The molecule has 1 amide bonds. The molecule has 0 aliphatic carbocycles. The molecule has 0 saturated carbocycles. The van der Waals surface area contributed by atoms with Crippen LogP contribution in [0.5, 0.6) is 0 Å². The molecule has 0 bridgehead atoms. The van der Waals surface area contributed by atoms with Crippen LogP contribution in [-0.2, 0) is 13.2 Å². The lowest BCUT2D eigenvalue weighted by molar-refractivity contribution is 0.0764. The number of aromatic amines is 1. The molecular formula is C21H22N4O4. The standard InChI is InChI=1S/C21H22N4O4/c1-2-22-18-17(19(26)23-13-15-9-5-3-6-10-15)20(27)25(21(28)24-18)29-14-16-11-7-4-8-12-16/h3-12,22H,2,13-14H2,1H3,(H,23,26)(H,24,28). The zero-order chi connectivity index (χ0) is 20.6. The monoisotopic (exact) mass is 394 g/mol. The summed E-state index contributed by atoms with van der Waals surface area (Å²) < 4.78 is 0.575. The third-order valence-corrected chi connectivity index (χ3v) is 4.14. The number of hydrogen-bond acceptors (Lipinski definition) is 5. The summed E-state index contributed by atoms with van der Waals surface area (Å²) in [6.07, 6.45) is 0. The van der Waals surface area contributed by atoms with Gasteiger partial charge in [0.1, 0.15) is 18.0 Å². The van der Waals surface area contributed by atoms with Gasteiger partial charge in [-0.2, -0.15) is 0 Å². The lowest BCUT2D eigenvalue weighted by Crippen LogP contribution is -2.45. The van der Waals surface area contributed by atoms with Gasteiger partial charge in [-0.1, -0.05) is 65.4 Å². The molecule has 1 heterocycles. The average molecular weight is 394 g/mol. The van der Waals surface area contributed by atoms with Crippen molar-refractivity contribution in [3.63, 3.8) is 0 Å². The lowest BCUT2D eigenvalue weighted by Gasteiger charge is -2.13. The van der Waals surface area contributed by atoms with Crippen LogP contribution >= 0.6 is 0 Å². The second-order valence-corrected chi connectivity index (χ2v) is 6.24. The Morgan fingerprint density at radius 3 is 2.24 bits per heavy atom. The van der Waals surface area contributed by atoms with E-state index >= 15 is 0 Å². The van der Waals surface area contributed by atoms with Crippen LogP contribution in [0.15, 0.2) is 70.3 Å². The molecule has 0 aliphatic heterocycles. The Morgan fingerprint density at radius 1 is 1.00 bits per heavy atom. The second-order valence-electron chi connectivity index (χ2n) is 6.24. The Labute approximate surface area is 167 Å². The van der Waals surface area contributed by atoms with Crippen LogP contribution in [0, 0.1) is 0 Å². The number of nitrogens with zero attached hydrogens (tertiary/aromatic N) is 1. The minimum atomic E-state index is -0.828.